The first-order valence-corrected chi connectivity index (χ1v) is 9.48. The molecule has 1 aromatic heterocycles. The van der Waals surface area contributed by atoms with Crippen LogP contribution in [-0.2, 0) is 16.4 Å². The van der Waals surface area contributed by atoms with Gasteiger partial charge >= 0.3 is 0 Å². The Balaban J connectivity index is 1.58. The molecule has 3 N–H and O–H groups in total. The van der Waals surface area contributed by atoms with E-state index in [1.54, 1.807) is 41.2 Å². The number of rotatable bonds is 6. The molecule has 0 spiro atoms. The Morgan fingerprint density at radius 1 is 1.12 bits per heavy atom. The van der Waals surface area contributed by atoms with Crippen molar-refractivity contribution in [2.75, 3.05) is 6.54 Å². The molecule has 0 bridgehead atoms. The van der Waals surface area contributed by atoms with Crippen molar-refractivity contribution in [1.82, 2.24) is 15.1 Å². The largest absolute Gasteiger partial charge is 0.352 e. The molecule has 0 fully saturated rings. The first kappa shape index (κ1) is 17.8. The van der Waals surface area contributed by atoms with Crippen molar-refractivity contribution in [3.63, 3.8) is 0 Å². The predicted molar refractivity (Wildman–Crippen MR) is 97.4 cm³/mol. The van der Waals surface area contributed by atoms with E-state index >= 15 is 0 Å². The maximum absolute atomic E-state index is 12.3. The summed E-state index contributed by atoms with van der Waals surface area (Å²) in [6.07, 6.45) is 4.06. The topological polar surface area (TPSA) is 107 Å². The number of nitrogens with zero attached hydrogens (tertiary/aromatic N) is 2. The zero-order valence-corrected chi connectivity index (χ0v) is 14.7. The summed E-state index contributed by atoms with van der Waals surface area (Å²) in [6, 6.07) is 15.3. The fourth-order valence-electron chi connectivity index (χ4n) is 2.48. The quantitative estimate of drug-likeness (QED) is 0.685. The number of benzene rings is 2. The molecule has 0 unspecified atom stereocenters. The lowest BCUT2D eigenvalue weighted by Crippen LogP contribution is -2.25. The Kier molecular flexibility index (Phi) is 5.15. The Morgan fingerprint density at radius 3 is 2.54 bits per heavy atom. The fourth-order valence-corrected chi connectivity index (χ4v) is 2.99. The lowest BCUT2D eigenvalue weighted by atomic mass is 10.1. The van der Waals surface area contributed by atoms with Crippen molar-refractivity contribution in [1.29, 1.82) is 0 Å². The smallest absolute Gasteiger partial charge is 0.251 e. The maximum Gasteiger partial charge on any atom is 0.251 e. The second-order valence-corrected chi connectivity index (χ2v) is 7.26. The van der Waals surface area contributed by atoms with Gasteiger partial charge < -0.3 is 5.32 Å². The van der Waals surface area contributed by atoms with Crippen LogP contribution < -0.4 is 10.5 Å². The number of nitrogens with one attached hydrogen (secondary N) is 1. The van der Waals surface area contributed by atoms with Crippen LogP contribution in [0.4, 0.5) is 0 Å². The second-order valence-electron chi connectivity index (χ2n) is 5.70. The van der Waals surface area contributed by atoms with Crippen molar-refractivity contribution < 1.29 is 13.2 Å². The summed E-state index contributed by atoms with van der Waals surface area (Å²) >= 11 is 0. The zero-order valence-electron chi connectivity index (χ0n) is 13.9. The molecule has 0 atom stereocenters. The van der Waals surface area contributed by atoms with E-state index in [0.29, 0.717) is 18.5 Å². The summed E-state index contributed by atoms with van der Waals surface area (Å²) in [5.74, 6) is -0.180. The van der Waals surface area contributed by atoms with E-state index in [0.717, 1.165) is 11.3 Å². The molecule has 0 saturated heterocycles. The van der Waals surface area contributed by atoms with E-state index in [2.05, 4.69) is 10.4 Å². The van der Waals surface area contributed by atoms with E-state index in [-0.39, 0.29) is 10.8 Å². The number of nitrogens with two attached hydrogens (primary N) is 1. The van der Waals surface area contributed by atoms with Crippen molar-refractivity contribution in [2.24, 2.45) is 5.14 Å². The number of carbonyl (C=O) groups is 1. The molecule has 1 heterocycles. The highest BCUT2D eigenvalue weighted by Gasteiger charge is 2.08. The van der Waals surface area contributed by atoms with Gasteiger partial charge in [0.05, 0.1) is 10.6 Å². The van der Waals surface area contributed by atoms with Gasteiger partial charge in [-0.3, -0.25) is 4.79 Å². The van der Waals surface area contributed by atoms with Crippen LogP contribution >= 0.6 is 0 Å². The van der Waals surface area contributed by atoms with Gasteiger partial charge in [-0.1, -0.05) is 18.2 Å². The molecule has 8 heteroatoms. The van der Waals surface area contributed by atoms with Gasteiger partial charge in [-0.05, 0) is 48.4 Å². The molecule has 0 saturated carbocycles. The molecule has 0 aliphatic rings. The number of sulfonamides is 1. The molecule has 3 aromatic rings. The third-order valence-electron chi connectivity index (χ3n) is 3.83. The van der Waals surface area contributed by atoms with Gasteiger partial charge in [0.2, 0.25) is 10.0 Å². The predicted octanol–water partition coefficient (Wildman–Crippen LogP) is 1.49. The standard InChI is InChI=1S/C18H18N4O3S/c19-26(24,25)17-7-5-14(6-8-17)9-11-20-18(23)15-3-1-4-16(13-15)22-12-2-10-21-22/h1-8,10,12-13H,9,11H2,(H,20,23)(H2,19,24,25). The van der Waals surface area contributed by atoms with Crippen molar-refractivity contribution in [3.8, 4) is 5.69 Å². The third-order valence-corrected chi connectivity index (χ3v) is 4.76. The molecule has 26 heavy (non-hydrogen) atoms. The Hall–Kier alpha value is -2.97. The molecular weight excluding hydrogens is 352 g/mol. The fraction of sp³-hybridized carbons (Fsp3) is 0.111. The van der Waals surface area contributed by atoms with E-state index in [1.165, 1.54) is 12.1 Å². The van der Waals surface area contributed by atoms with Crippen LogP contribution in [0, 0.1) is 0 Å². The average molecular weight is 370 g/mol. The highest BCUT2D eigenvalue weighted by Crippen LogP contribution is 2.11. The summed E-state index contributed by atoms with van der Waals surface area (Å²) < 4.78 is 24.1. The monoisotopic (exact) mass is 370 g/mol. The first-order chi connectivity index (χ1) is 12.4. The van der Waals surface area contributed by atoms with E-state index in [1.807, 2.05) is 18.3 Å². The molecule has 1 amide bonds. The van der Waals surface area contributed by atoms with Gasteiger partial charge in [-0.2, -0.15) is 5.10 Å². The van der Waals surface area contributed by atoms with E-state index < -0.39 is 10.0 Å². The summed E-state index contributed by atoms with van der Waals surface area (Å²) in [5.41, 5.74) is 2.26. The van der Waals surface area contributed by atoms with Gasteiger partial charge in [-0.25, -0.2) is 18.2 Å². The van der Waals surface area contributed by atoms with Gasteiger partial charge in [0, 0.05) is 24.5 Å². The van der Waals surface area contributed by atoms with Crippen molar-refractivity contribution >= 4 is 15.9 Å². The van der Waals surface area contributed by atoms with Crippen LogP contribution in [0.2, 0.25) is 0 Å². The van der Waals surface area contributed by atoms with Crippen LogP contribution in [0.3, 0.4) is 0 Å². The lowest BCUT2D eigenvalue weighted by molar-refractivity contribution is 0.0954. The summed E-state index contributed by atoms with van der Waals surface area (Å²) in [6.45, 7) is 0.430. The summed E-state index contributed by atoms with van der Waals surface area (Å²) in [5, 5.41) is 12.1. The molecule has 7 nitrogen and oxygen atoms in total. The van der Waals surface area contributed by atoms with Gasteiger partial charge in [0.1, 0.15) is 0 Å². The maximum atomic E-state index is 12.3. The average Bonchev–Trinajstić information content (AvgIpc) is 3.16. The number of amides is 1. The van der Waals surface area contributed by atoms with Crippen LogP contribution in [0.15, 0.2) is 71.9 Å². The summed E-state index contributed by atoms with van der Waals surface area (Å²) in [4.78, 5) is 12.4. The molecule has 0 radical (unpaired) electrons. The number of aromatic nitrogens is 2. The number of hydrogen-bond acceptors (Lipinski definition) is 4. The van der Waals surface area contributed by atoms with Crippen LogP contribution in [0.25, 0.3) is 5.69 Å². The molecule has 3 rings (SSSR count). The van der Waals surface area contributed by atoms with Crippen LogP contribution in [0.1, 0.15) is 15.9 Å². The highest BCUT2D eigenvalue weighted by atomic mass is 32.2. The van der Waals surface area contributed by atoms with E-state index in [4.69, 9.17) is 5.14 Å². The number of primary sulfonamides is 1. The minimum Gasteiger partial charge on any atom is -0.352 e. The Bertz CT molecular complexity index is 997. The minimum atomic E-state index is -3.69. The Labute approximate surface area is 151 Å². The van der Waals surface area contributed by atoms with Crippen LogP contribution in [0.5, 0.6) is 0 Å². The first-order valence-electron chi connectivity index (χ1n) is 7.93. The number of carbonyl (C=O) groups excluding carboxylic acids is 1. The normalized spacial score (nSPS) is 11.3. The minimum absolute atomic E-state index is 0.0701. The molecule has 0 aliphatic heterocycles. The molecular formula is C18H18N4O3S. The van der Waals surface area contributed by atoms with Crippen LogP contribution in [-0.4, -0.2) is 30.7 Å². The zero-order chi connectivity index (χ0) is 18.6. The third kappa shape index (κ3) is 4.35. The summed E-state index contributed by atoms with van der Waals surface area (Å²) in [7, 11) is -3.69. The second kappa shape index (κ2) is 7.51. The number of hydrogen-bond donors (Lipinski definition) is 2. The van der Waals surface area contributed by atoms with Crippen molar-refractivity contribution in [2.45, 2.75) is 11.3 Å². The van der Waals surface area contributed by atoms with Crippen molar-refractivity contribution in [3.05, 3.63) is 78.1 Å². The SMILES string of the molecule is NS(=O)(=O)c1ccc(CCNC(=O)c2cccc(-n3cccn3)c2)cc1. The van der Waals surface area contributed by atoms with Gasteiger partial charge in [0.15, 0.2) is 0 Å². The Morgan fingerprint density at radius 2 is 1.88 bits per heavy atom. The highest BCUT2D eigenvalue weighted by molar-refractivity contribution is 7.89. The molecule has 2 aromatic carbocycles. The molecule has 134 valence electrons. The lowest BCUT2D eigenvalue weighted by Gasteiger charge is -2.08. The molecule has 0 aliphatic carbocycles. The van der Waals surface area contributed by atoms with E-state index in [9.17, 15) is 13.2 Å². The van der Waals surface area contributed by atoms with Gasteiger partial charge in [-0.15, -0.1) is 0 Å². The van der Waals surface area contributed by atoms with Gasteiger partial charge in [0.25, 0.3) is 5.91 Å².